The Morgan fingerprint density at radius 2 is 1.62 bits per heavy atom. The number of amides is 1. The number of unbranched alkanes of at least 4 members (excludes halogenated alkanes) is 8. The molecule has 0 aromatic rings. The predicted molar refractivity (Wildman–Crippen MR) is 113 cm³/mol. The number of terminal acetylenes is 1. The zero-order chi connectivity index (χ0) is 19.5. The van der Waals surface area contributed by atoms with Crippen molar-refractivity contribution < 1.29 is 14.5 Å². The van der Waals surface area contributed by atoms with Gasteiger partial charge in [0.15, 0.2) is 6.61 Å². The van der Waals surface area contributed by atoms with E-state index >= 15 is 0 Å². The molecule has 0 heterocycles. The number of nitrogens with zero attached hydrogens (tertiary/aromatic N) is 1. The highest BCUT2D eigenvalue weighted by atomic mass is 32.2. The standard InChI is InChI=1S/C21H38N2O2S/c1-5-9-11-13-15-17-22-20(26-8-4)23(21(24)25-19-7-3)18-16-14-12-10-6-2/h3H,5-6,8-19H2,1-2,4H3/p+1. The molecule has 5 heteroatoms. The third kappa shape index (κ3) is 13.1. The average molecular weight is 384 g/mol. The summed E-state index contributed by atoms with van der Waals surface area (Å²) in [5.41, 5.74) is 0. The van der Waals surface area contributed by atoms with Crippen LogP contribution in [0.5, 0.6) is 0 Å². The van der Waals surface area contributed by atoms with Gasteiger partial charge in [-0.2, -0.15) is 9.69 Å². The molecular formula is C21H39N2O2S+. The Balaban J connectivity index is 4.73. The molecule has 1 amide bonds. The van der Waals surface area contributed by atoms with E-state index in [9.17, 15) is 4.79 Å². The first-order valence-corrected chi connectivity index (χ1v) is 11.3. The van der Waals surface area contributed by atoms with Crippen molar-refractivity contribution in [3.8, 4) is 12.3 Å². The van der Waals surface area contributed by atoms with Crippen molar-refractivity contribution in [2.45, 2.75) is 85.0 Å². The average Bonchev–Trinajstić information content (AvgIpc) is 2.65. The molecule has 0 saturated heterocycles. The maximum absolute atomic E-state index is 12.4. The van der Waals surface area contributed by atoms with Gasteiger partial charge in [-0.15, -0.1) is 6.42 Å². The zero-order valence-electron chi connectivity index (χ0n) is 17.1. The molecule has 0 saturated carbocycles. The van der Waals surface area contributed by atoms with Crippen LogP contribution in [0.25, 0.3) is 0 Å². The minimum absolute atomic E-state index is 0.0201. The van der Waals surface area contributed by atoms with Crippen LogP contribution in [0.4, 0.5) is 4.79 Å². The van der Waals surface area contributed by atoms with E-state index in [-0.39, 0.29) is 12.7 Å². The number of hydrogen-bond donors (Lipinski definition) is 1. The molecule has 0 aromatic heterocycles. The second kappa shape index (κ2) is 18.6. The first-order chi connectivity index (χ1) is 12.7. The van der Waals surface area contributed by atoms with Gasteiger partial charge in [-0.05, 0) is 37.4 Å². The highest BCUT2D eigenvalue weighted by Gasteiger charge is 2.28. The van der Waals surface area contributed by atoms with Gasteiger partial charge in [-0.3, -0.25) is 4.99 Å². The lowest BCUT2D eigenvalue weighted by molar-refractivity contribution is -0.459. The van der Waals surface area contributed by atoms with Crippen molar-refractivity contribution in [3.05, 3.63) is 0 Å². The minimum atomic E-state index is -0.340. The lowest BCUT2D eigenvalue weighted by Gasteiger charge is -2.15. The van der Waals surface area contributed by atoms with E-state index in [0.717, 1.165) is 36.7 Å². The first-order valence-electron chi connectivity index (χ1n) is 10.3. The molecule has 0 aliphatic carbocycles. The molecule has 0 aliphatic rings. The number of amidine groups is 1. The Bertz CT molecular complexity index is 419. The van der Waals surface area contributed by atoms with E-state index in [2.05, 4.69) is 31.7 Å². The monoisotopic (exact) mass is 383 g/mol. The fourth-order valence-corrected chi connectivity index (χ4v) is 3.41. The molecule has 0 fully saturated rings. The maximum atomic E-state index is 12.4. The zero-order valence-corrected chi connectivity index (χ0v) is 18.0. The second-order valence-electron chi connectivity index (χ2n) is 6.40. The maximum Gasteiger partial charge on any atom is 0.508 e. The van der Waals surface area contributed by atoms with Gasteiger partial charge in [0.1, 0.15) is 0 Å². The van der Waals surface area contributed by atoms with Gasteiger partial charge in [0.25, 0.3) is 0 Å². The van der Waals surface area contributed by atoms with Crippen molar-refractivity contribution in [1.29, 1.82) is 0 Å². The van der Waals surface area contributed by atoms with Crippen molar-refractivity contribution in [2.24, 2.45) is 0 Å². The van der Waals surface area contributed by atoms with Crippen LogP contribution in [0.3, 0.4) is 0 Å². The molecule has 0 unspecified atom stereocenters. The number of carbonyl (C=O) groups is 1. The summed E-state index contributed by atoms with van der Waals surface area (Å²) >= 11 is 1.66. The molecule has 26 heavy (non-hydrogen) atoms. The first kappa shape index (κ1) is 24.8. The van der Waals surface area contributed by atoms with Crippen LogP contribution in [0.2, 0.25) is 0 Å². The molecular weight excluding hydrogens is 344 g/mol. The summed E-state index contributed by atoms with van der Waals surface area (Å²) in [7, 11) is 0. The highest BCUT2D eigenvalue weighted by Crippen LogP contribution is 2.10. The summed E-state index contributed by atoms with van der Waals surface area (Å²) in [4.78, 5) is 17.6. The summed E-state index contributed by atoms with van der Waals surface area (Å²) in [6, 6.07) is 0. The lowest BCUT2D eigenvalue weighted by Crippen LogP contribution is -2.76. The van der Waals surface area contributed by atoms with E-state index in [1.807, 2.05) is 0 Å². The topological polar surface area (TPSA) is 43.5 Å². The van der Waals surface area contributed by atoms with Gasteiger partial charge in [0, 0.05) is 5.75 Å². The molecule has 0 atom stereocenters. The van der Waals surface area contributed by atoms with Crippen LogP contribution >= 0.6 is 11.8 Å². The normalized spacial score (nSPS) is 11.2. The Hall–Kier alpha value is -1.15. The molecule has 0 rings (SSSR count). The number of hydrogen-bond acceptors (Lipinski definition) is 3. The summed E-state index contributed by atoms with van der Waals surface area (Å²) in [5, 5.41) is 0.903. The highest BCUT2D eigenvalue weighted by molar-refractivity contribution is 8.13. The Morgan fingerprint density at radius 1 is 1.00 bits per heavy atom. The molecule has 0 bridgehead atoms. The van der Waals surface area contributed by atoms with E-state index < -0.39 is 0 Å². The minimum Gasteiger partial charge on any atom is -0.418 e. The van der Waals surface area contributed by atoms with E-state index in [4.69, 9.17) is 11.2 Å². The Morgan fingerprint density at radius 3 is 2.19 bits per heavy atom. The summed E-state index contributed by atoms with van der Waals surface area (Å²) < 4.78 is 5.19. The molecule has 1 N–H and O–H groups in total. The van der Waals surface area contributed by atoms with Crippen molar-refractivity contribution in [1.82, 2.24) is 4.90 Å². The van der Waals surface area contributed by atoms with Gasteiger partial charge in [-0.25, -0.2) is 0 Å². The third-order valence-corrected chi connectivity index (χ3v) is 4.99. The van der Waals surface area contributed by atoms with Crippen LogP contribution in [0.1, 0.15) is 85.0 Å². The van der Waals surface area contributed by atoms with E-state index in [1.165, 1.54) is 44.9 Å². The van der Waals surface area contributed by atoms with Gasteiger partial charge >= 0.3 is 11.3 Å². The molecule has 0 aliphatic heterocycles. The Labute approximate surface area is 165 Å². The number of thioether (sulfide) groups is 1. The van der Waals surface area contributed by atoms with Crippen molar-refractivity contribution in [3.63, 3.8) is 0 Å². The Kier molecular flexibility index (Phi) is 17.8. The molecule has 0 aromatic carbocycles. The van der Waals surface area contributed by atoms with E-state index in [0.29, 0.717) is 6.54 Å². The van der Waals surface area contributed by atoms with E-state index in [1.54, 1.807) is 16.7 Å². The van der Waals surface area contributed by atoms with Crippen molar-refractivity contribution in [2.75, 3.05) is 25.4 Å². The van der Waals surface area contributed by atoms with Crippen LogP contribution in [0, 0.1) is 12.3 Å². The van der Waals surface area contributed by atoms with Gasteiger partial charge in [0.2, 0.25) is 0 Å². The summed E-state index contributed by atoms with van der Waals surface area (Å²) in [6.07, 6.45) is 16.9. The SMILES string of the molecule is C#CCOC(=O)N(CCCCCCC)C(=[NH+]CCCCCCC)SCC. The number of ether oxygens (including phenoxy) is 1. The number of nitrogens with one attached hydrogen (secondary N) is 1. The number of carbonyl (C=O) groups excluding carboxylic acids is 1. The number of rotatable bonds is 14. The van der Waals surface area contributed by atoms with Crippen LogP contribution in [-0.2, 0) is 4.74 Å². The summed E-state index contributed by atoms with van der Waals surface area (Å²) in [6.45, 7) is 8.12. The van der Waals surface area contributed by atoms with Crippen molar-refractivity contribution >= 4 is 23.0 Å². The largest absolute Gasteiger partial charge is 0.508 e. The second-order valence-corrected chi connectivity index (χ2v) is 7.66. The molecule has 150 valence electrons. The third-order valence-electron chi connectivity index (χ3n) is 4.07. The van der Waals surface area contributed by atoms with Crippen LogP contribution in [-0.4, -0.2) is 41.6 Å². The lowest BCUT2D eigenvalue weighted by atomic mass is 10.1. The fraction of sp³-hybridized carbons (Fsp3) is 0.810. The van der Waals surface area contributed by atoms with Crippen LogP contribution < -0.4 is 4.99 Å². The smallest absolute Gasteiger partial charge is 0.418 e. The van der Waals surface area contributed by atoms with Gasteiger partial charge in [-0.1, -0.05) is 65.2 Å². The molecule has 0 spiro atoms. The quantitative estimate of drug-likeness (QED) is 0.212. The molecule has 0 radical (unpaired) electrons. The van der Waals surface area contributed by atoms with Crippen LogP contribution in [0.15, 0.2) is 0 Å². The van der Waals surface area contributed by atoms with Gasteiger partial charge < -0.3 is 4.74 Å². The summed E-state index contributed by atoms with van der Waals surface area (Å²) in [5.74, 6) is 3.28. The predicted octanol–water partition coefficient (Wildman–Crippen LogP) is 4.19. The molecule has 4 nitrogen and oxygen atoms in total. The van der Waals surface area contributed by atoms with Gasteiger partial charge in [0.05, 0.1) is 13.1 Å². The fourth-order valence-electron chi connectivity index (χ4n) is 2.62.